The average molecular weight is 364 g/mol. The number of carbonyl (C=O) groups excluding carboxylic acids is 1. The fraction of sp³-hybridized carbons (Fsp3) is 0.235. The summed E-state index contributed by atoms with van der Waals surface area (Å²) in [6, 6.07) is 11.4. The van der Waals surface area contributed by atoms with Crippen molar-refractivity contribution in [3.63, 3.8) is 0 Å². The van der Waals surface area contributed by atoms with Gasteiger partial charge in [-0.05, 0) is 24.3 Å². The van der Waals surface area contributed by atoms with E-state index in [4.69, 9.17) is 4.74 Å². The molecule has 0 aromatic heterocycles. The maximum Gasteiger partial charge on any atom is 0.243 e. The van der Waals surface area contributed by atoms with Gasteiger partial charge in [0.05, 0.1) is 7.11 Å². The van der Waals surface area contributed by atoms with Crippen molar-refractivity contribution in [3.8, 4) is 5.75 Å². The molecule has 0 bridgehead atoms. The largest absolute Gasteiger partial charge is 0.497 e. The highest BCUT2D eigenvalue weighted by Gasteiger charge is 2.34. The molecular formula is C17H17FN2O4S. The second kappa shape index (κ2) is 6.81. The van der Waals surface area contributed by atoms with Crippen LogP contribution >= 0.6 is 0 Å². The zero-order chi connectivity index (χ0) is 18.0. The Bertz CT molecular complexity index is 901. The van der Waals surface area contributed by atoms with Crippen molar-refractivity contribution in [2.75, 3.05) is 18.6 Å². The van der Waals surface area contributed by atoms with Gasteiger partial charge in [0.2, 0.25) is 15.9 Å². The SMILES string of the molecule is COc1cccc(N2C[C@H](NS(=O)(=O)c3ccccc3F)CC2=O)c1. The van der Waals surface area contributed by atoms with Gasteiger partial charge in [-0.25, -0.2) is 17.5 Å². The molecule has 1 saturated heterocycles. The van der Waals surface area contributed by atoms with E-state index in [9.17, 15) is 17.6 Å². The number of benzene rings is 2. The minimum atomic E-state index is -4.04. The number of nitrogens with zero attached hydrogens (tertiary/aromatic N) is 1. The predicted octanol–water partition coefficient (Wildman–Crippen LogP) is 1.92. The second-order valence-electron chi connectivity index (χ2n) is 5.66. The van der Waals surface area contributed by atoms with Gasteiger partial charge < -0.3 is 9.64 Å². The minimum Gasteiger partial charge on any atom is -0.497 e. The third-order valence-corrected chi connectivity index (χ3v) is 5.49. The van der Waals surface area contributed by atoms with Crippen LogP contribution in [0.2, 0.25) is 0 Å². The topological polar surface area (TPSA) is 75.7 Å². The monoisotopic (exact) mass is 364 g/mol. The van der Waals surface area contributed by atoms with Crippen molar-refractivity contribution in [2.24, 2.45) is 0 Å². The number of sulfonamides is 1. The Kier molecular flexibility index (Phi) is 4.73. The summed E-state index contributed by atoms with van der Waals surface area (Å²) in [6.07, 6.45) is 0.00485. The molecule has 132 valence electrons. The molecule has 3 rings (SSSR count). The number of methoxy groups -OCH3 is 1. The number of rotatable bonds is 5. The highest BCUT2D eigenvalue weighted by atomic mass is 32.2. The van der Waals surface area contributed by atoms with Crippen molar-refractivity contribution in [2.45, 2.75) is 17.4 Å². The van der Waals surface area contributed by atoms with E-state index in [1.165, 1.54) is 30.2 Å². The van der Waals surface area contributed by atoms with Gasteiger partial charge in [0.1, 0.15) is 16.5 Å². The molecule has 1 heterocycles. The molecule has 1 amide bonds. The van der Waals surface area contributed by atoms with Crippen LogP contribution in [-0.4, -0.2) is 34.0 Å². The van der Waals surface area contributed by atoms with Crippen molar-refractivity contribution in [1.82, 2.24) is 4.72 Å². The summed E-state index contributed by atoms with van der Waals surface area (Å²) in [7, 11) is -2.52. The Hall–Kier alpha value is -2.45. The van der Waals surface area contributed by atoms with E-state index < -0.39 is 26.8 Å². The van der Waals surface area contributed by atoms with Gasteiger partial charge in [-0.15, -0.1) is 0 Å². The first-order valence-corrected chi connectivity index (χ1v) is 9.10. The molecule has 1 fully saturated rings. The number of carbonyl (C=O) groups is 1. The van der Waals surface area contributed by atoms with Gasteiger partial charge in [0.25, 0.3) is 0 Å². The molecule has 0 saturated carbocycles. The van der Waals surface area contributed by atoms with Crippen LogP contribution in [0.15, 0.2) is 53.4 Å². The fourth-order valence-corrected chi connectivity index (χ4v) is 4.07. The Morgan fingerprint density at radius 1 is 1.20 bits per heavy atom. The van der Waals surface area contributed by atoms with E-state index >= 15 is 0 Å². The van der Waals surface area contributed by atoms with Gasteiger partial charge in [-0.3, -0.25) is 4.79 Å². The second-order valence-corrected chi connectivity index (χ2v) is 7.34. The predicted molar refractivity (Wildman–Crippen MR) is 90.5 cm³/mol. The van der Waals surface area contributed by atoms with Crippen LogP contribution < -0.4 is 14.4 Å². The molecule has 1 aliphatic rings. The molecule has 0 spiro atoms. The number of nitrogens with one attached hydrogen (secondary N) is 1. The lowest BCUT2D eigenvalue weighted by molar-refractivity contribution is -0.117. The van der Waals surface area contributed by atoms with E-state index in [1.807, 2.05) is 0 Å². The first-order chi connectivity index (χ1) is 11.9. The molecule has 0 unspecified atom stereocenters. The lowest BCUT2D eigenvalue weighted by atomic mass is 10.3. The van der Waals surface area contributed by atoms with Gasteiger partial charge in [0, 0.05) is 30.8 Å². The number of amides is 1. The van der Waals surface area contributed by atoms with E-state index in [1.54, 1.807) is 24.3 Å². The van der Waals surface area contributed by atoms with Gasteiger partial charge >= 0.3 is 0 Å². The molecule has 0 aliphatic carbocycles. The Morgan fingerprint density at radius 2 is 1.96 bits per heavy atom. The summed E-state index contributed by atoms with van der Waals surface area (Å²) >= 11 is 0. The molecule has 8 heteroatoms. The van der Waals surface area contributed by atoms with E-state index in [0.717, 1.165) is 6.07 Å². The zero-order valence-electron chi connectivity index (χ0n) is 13.5. The quantitative estimate of drug-likeness (QED) is 0.880. The van der Waals surface area contributed by atoms with E-state index in [2.05, 4.69) is 4.72 Å². The number of halogens is 1. The molecular weight excluding hydrogens is 347 g/mol. The fourth-order valence-electron chi connectivity index (χ4n) is 2.76. The maximum absolute atomic E-state index is 13.8. The highest BCUT2D eigenvalue weighted by Crippen LogP contribution is 2.26. The van der Waals surface area contributed by atoms with Crippen LogP contribution in [0.3, 0.4) is 0 Å². The number of ether oxygens (including phenoxy) is 1. The zero-order valence-corrected chi connectivity index (χ0v) is 14.3. The van der Waals surface area contributed by atoms with Crippen LogP contribution in [-0.2, 0) is 14.8 Å². The third-order valence-electron chi connectivity index (χ3n) is 3.94. The number of hydrogen-bond acceptors (Lipinski definition) is 4. The number of anilines is 1. The van der Waals surface area contributed by atoms with Crippen LogP contribution in [0.5, 0.6) is 5.75 Å². The summed E-state index contributed by atoms with van der Waals surface area (Å²) in [5, 5.41) is 0. The molecule has 1 N–H and O–H groups in total. The third kappa shape index (κ3) is 3.64. The maximum atomic E-state index is 13.8. The standard InChI is InChI=1S/C17H17FN2O4S/c1-24-14-6-4-5-13(10-14)20-11-12(9-17(20)21)19-25(22,23)16-8-3-2-7-15(16)18/h2-8,10,12,19H,9,11H2,1H3/t12-/m1/s1. The summed E-state index contributed by atoms with van der Waals surface area (Å²) in [5.41, 5.74) is 0.622. The summed E-state index contributed by atoms with van der Waals surface area (Å²) in [4.78, 5) is 13.3. The summed E-state index contributed by atoms with van der Waals surface area (Å²) in [6.45, 7) is 0.166. The first kappa shape index (κ1) is 17.4. The van der Waals surface area contributed by atoms with Gasteiger partial charge in [-0.2, -0.15) is 0 Å². The molecule has 25 heavy (non-hydrogen) atoms. The Morgan fingerprint density at radius 3 is 2.68 bits per heavy atom. The Balaban J connectivity index is 1.78. The van der Waals surface area contributed by atoms with E-state index in [-0.39, 0.29) is 18.9 Å². The lowest BCUT2D eigenvalue weighted by Gasteiger charge is -2.18. The highest BCUT2D eigenvalue weighted by molar-refractivity contribution is 7.89. The summed E-state index contributed by atoms with van der Waals surface area (Å²) in [5.74, 6) is -0.445. The van der Waals surface area contributed by atoms with Crippen molar-refractivity contribution in [3.05, 3.63) is 54.3 Å². The van der Waals surface area contributed by atoms with Crippen molar-refractivity contribution in [1.29, 1.82) is 0 Å². The smallest absolute Gasteiger partial charge is 0.243 e. The Labute approximate surface area is 145 Å². The van der Waals surface area contributed by atoms with Crippen molar-refractivity contribution >= 4 is 21.6 Å². The van der Waals surface area contributed by atoms with Gasteiger partial charge in [0.15, 0.2) is 0 Å². The first-order valence-electron chi connectivity index (χ1n) is 7.62. The molecule has 2 aromatic carbocycles. The van der Waals surface area contributed by atoms with Crippen LogP contribution in [0.1, 0.15) is 6.42 Å². The average Bonchev–Trinajstić information content (AvgIpc) is 2.94. The van der Waals surface area contributed by atoms with Gasteiger partial charge in [-0.1, -0.05) is 18.2 Å². The lowest BCUT2D eigenvalue weighted by Crippen LogP contribution is -2.37. The van der Waals surface area contributed by atoms with Crippen molar-refractivity contribution < 1.29 is 22.3 Å². The molecule has 6 nitrogen and oxygen atoms in total. The minimum absolute atomic E-state index is 0.00485. The van der Waals surface area contributed by atoms with Crippen LogP contribution in [0.4, 0.5) is 10.1 Å². The molecule has 0 radical (unpaired) electrons. The van der Waals surface area contributed by atoms with Crippen LogP contribution in [0, 0.1) is 5.82 Å². The number of hydrogen-bond donors (Lipinski definition) is 1. The van der Waals surface area contributed by atoms with E-state index in [0.29, 0.717) is 11.4 Å². The molecule has 1 aliphatic heterocycles. The summed E-state index contributed by atoms with van der Waals surface area (Å²) < 4.78 is 46.0. The van der Waals surface area contributed by atoms with Crippen LogP contribution in [0.25, 0.3) is 0 Å². The normalized spacial score (nSPS) is 17.8. The molecule has 1 atom stereocenters. The molecule has 2 aromatic rings.